The van der Waals surface area contributed by atoms with Gasteiger partial charge >= 0.3 is 0 Å². The third-order valence-electron chi connectivity index (χ3n) is 5.32. The molecule has 1 saturated heterocycles. The van der Waals surface area contributed by atoms with Gasteiger partial charge in [-0.3, -0.25) is 4.79 Å². The van der Waals surface area contributed by atoms with Crippen LogP contribution in [0, 0.1) is 0 Å². The second-order valence-electron chi connectivity index (χ2n) is 8.78. The van der Waals surface area contributed by atoms with E-state index in [1.807, 2.05) is 24.3 Å². The number of carbonyl (C=O) groups excluding carboxylic acids is 1. The van der Waals surface area contributed by atoms with E-state index >= 15 is 0 Å². The van der Waals surface area contributed by atoms with Gasteiger partial charge in [0.15, 0.2) is 0 Å². The molecule has 0 saturated carbocycles. The highest BCUT2D eigenvalue weighted by Gasteiger charge is 2.24. The molecule has 1 N–H and O–H groups in total. The predicted molar refractivity (Wildman–Crippen MR) is 130 cm³/mol. The Morgan fingerprint density at radius 2 is 1.61 bits per heavy atom. The van der Waals surface area contributed by atoms with Crippen molar-refractivity contribution in [3.05, 3.63) is 54.1 Å². The van der Waals surface area contributed by atoms with Gasteiger partial charge in [0, 0.05) is 31.1 Å². The van der Waals surface area contributed by atoms with Gasteiger partial charge in [-0.15, -0.1) is 11.8 Å². The first kappa shape index (κ1) is 23.6. The molecule has 2 aromatic carbocycles. The lowest BCUT2D eigenvalue weighted by Gasteiger charge is -2.35. The molecule has 2 aromatic rings. The third kappa shape index (κ3) is 6.48. The first-order valence-corrected chi connectivity index (χ1v) is 13.2. The van der Waals surface area contributed by atoms with Gasteiger partial charge < -0.3 is 10.2 Å². The summed E-state index contributed by atoms with van der Waals surface area (Å²) in [6.45, 7) is 8.62. The molecule has 0 aliphatic carbocycles. The molecule has 0 unspecified atom stereocenters. The zero-order valence-electron chi connectivity index (χ0n) is 18.6. The number of sulfonamides is 1. The smallest absolute Gasteiger partial charge is 0.234 e. The minimum Gasteiger partial charge on any atom is -0.367 e. The Morgan fingerprint density at radius 3 is 2.19 bits per heavy atom. The summed E-state index contributed by atoms with van der Waals surface area (Å²) >= 11 is 1.51. The van der Waals surface area contributed by atoms with Crippen LogP contribution in [0.3, 0.4) is 0 Å². The summed E-state index contributed by atoms with van der Waals surface area (Å²) in [4.78, 5) is 15.8. The Balaban J connectivity index is 1.59. The number of piperazine rings is 1. The summed E-state index contributed by atoms with van der Waals surface area (Å²) in [7, 11) is -3.17. The van der Waals surface area contributed by atoms with E-state index in [4.69, 9.17) is 0 Å². The monoisotopic (exact) mass is 461 g/mol. The highest BCUT2D eigenvalue weighted by Crippen LogP contribution is 2.28. The number of nitrogens with one attached hydrogen (secondary N) is 1. The van der Waals surface area contributed by atoms with Crippen molar-refractivity contribution in [1.82, 2.24) is 4.31 Å². The van der Waals surface area contributed by atoms with E-state index in [-0.39, 0.29) is 11.3 Å². The van der Waals surface area contributed by atoms with Crippen molar-refractivity contribution >= 4 is 39.1 Å². The van der Waals surface area contributed by atoms with Gasteiger partial charge in [0.2, 0.25) is 15.9 Å². The van der Waals surface area contributed by atoms with Crippen LogP contribution in [-0.4, -0.2) is 56.8 Å². The zero-order chi connectivity index (χ0) is 22.6. The van der Waals surface area contributed by atoms with E-state index < -0.39 is 10.0 Å². The van der Waals surface area contributed by atoms with Crippen molar-refractivity contribution < 1.29 is 13.2 Å². The Kier molecular flexibility index (Phi) is 7.34. The van der Waals surface area contributed by atoms with Crippen molar-refractivity contribution in [2.45, 2.75) is 31.1 Å². The Labute approximate surface area is 190 Å². The van der Waals surface area contributed by atoms with Crippen molar-refractivity contribution in [3.63, 3.8) is 0 Å². The first-order valence-electron chi connectivity index (χ1n) is 10.4. The second-order valence-corrected chi connectivity index (χ2v) is 11.8. The first-order chi connectivity index (χ1) is 14.5. The zero-order valence-corrected chi connectivity index (χ0v) is 20.2. The fourth-order valence-corrected chi connectivity index (χ4v) is 5.03. The standard InChI is InChI=1S/C23H31N3O3S2/c1-23(2,3)18-9-11-19(12-10-18)30-17-22(27)24-20-7-5-6-8-21(20)25-13-15-26(16-14-25)31(4,28)29/h5-12H,13-17H2,1-4H3,(H,24,27). The van der Waals surface area contributed by atoms with Crippen molar-refractivity contribution in [1.29, 1.82) is 0 Å². The van der Waals surface area contributed by atoms with Crippen LogP contribution in [-0.2, 0) is 20.2 Å². The summed E-state index contributed by atoms with van der Waals surface area (Å²) in [6.07, 6.45) is 1.24. The molecular formula is C23H31N3O3S2. The molecule has 31 heavy (non-hydrogen) atoms. The highest BCUT2D eigenvalue weighted by molar-refractivity contribution is 8.00. The number of rotatable bonds is 6. The van der Waals surface area contributed by atoms with E-state index in [0.717, 1.165) is 16.3 Å². The number of thioether (sulfide) groups is 1. The molecule has 0 bridgehead atoms. The average Bonchev–Trinajstić information content (AvgIpc) is 2.72. The van der Waals surface area contributed by atoms with Gasteiger partial charge in [-0.2, -0.15) is 4.31 Å². The Morgan fingerprint density at radius 1 is 1.00 bits per heavy atom. The van der Waals surface area contributed by atoms with Gasteiger partial charge in [0.1, 0.15) is 0 Å². The minimum atomic E-state index is -3.17. The number of amides is 1. The van der Waals surface area contributed by atoms with Gasteiger partial charge in [0.25, 0.3) is 0 Å². The van der Waals surface area contributed by atoms with Crippen LogP contribution in [0.15, 0.2) is 53.4 Å². The maximum atomic E-state index is 12.6. The molecule has 0 radical (unpaired) electrons. The molecule has 168 valence electrons. The topological polar surface area (TPSA) is 69.7 Å². The van der Waals surface area contributed by atoms with Crippen LogP contribution in [0.1, 0.15) is 26.3 Å². The quantitative estimate of drug-likeness (QED) is 0.663. The lowest BCUT2D eigenvalue weighted by molar-refractivity contribution is -0.113. The lowest BCUT2D eigenvalue weighted by atomic mass is 9.87. The molecule has 3 rings (SSSR count). The van der Waals surface area contributed by atoms with Crippen LogP contribution in [0.5, 0.6) is 0 Å². The molecule has 8 heteroatoms. The van der Waals surface area contributed by atoms with Gasteiger partial charge in [0.05, 0.1) is 23.4 Å². The number of anilines is 2. The molecule has 1 heterocycles. The average molecular weight is 462 g/mol. The number of hydrogen-bond acceptors (Lipinski definition) is 5. The summed E-state index contributed by atoms with van der Waals surface area (Å²) in [5.74, 6) is 0.262. The molecule has 0 spiro atoms. The number of nitrogens with zero attached hydrogens (tertiary/aromatic N) is 2. The van der Waals surface area contributed by atoms with E-state index in [9.17, 15) is 13.2 Å². The van der Waals surface area contributed by atoms with E-state index in [1.54, 1.807) is 0 Å². The summed E-state index contributed by atoms with van der Waals surface area (Å²) in [5, 5.41) is 3.02. The molecule has 0 atom stereocenters. The number of para-hydroxylation sites is 2. The van der Waals surface area contributed by atoms with Crippen molar-refractivity contribution in [2.75, 3.05) is 48.4 Å². The number of hydrogen-bond donors (Lipinski definition) is 1. The van der Waals surface area contributed by atoms with Crippen molar-refractivity contribution in [3.8, 4) is 0 Å². The van der Waals surface area contributed by atoms with Gasteiger partial charge in [-0.05, 0) is 35.2 Å². The molecule has 6 nitrogen and oxygen atoms in total. The summed E-state index contributed by atoms with van der Waals surface area (Å²) < 4.78 is 25.0. The maximum absolute atomic E-state index is 12.6. The van der Waals surface area contributed by atoms with E-state index in [2.05, 4.69) is 55.3 Å². The Bertz CT molecular complexity index is 1010. The number of carbonyl (C=O) groups is 1. The predicted octanol–water partition coefficient (Wildman–Crippen LogP) is 3.80. The fourth-order valence-electron chi connectivity index (χ4n) is 3.50. The third-order valence-corrected chi connectivity index (χ3v) is 7.63. The molecular weight excluding hydrogens is 430 g/mol. The van der Waals surface area contributed by atoms with Crippen LogP contribution < -0.4 is 10.2 Å². The molecule has 1 aliphatic heterocycles. The van der Waals surface area contributed by atoms with E-state index in [0.29, 0.717) is 31.9 Å². The normalized spacial score (nSPS) is 15.7. The van der Waals surface area contributed by atoms with Crippen LogP contribution in [0.2, 0.25) is 0 Å². The second kappa shape index (κ2) is 9.63. The lowest BCUT2D eigenvalue weighted by Crippen LogP contribution is -2.48. The SMILES string of the molecule is CC(C)(C)c1ccc(SCC(=O)Nc2ccccc2N2CCN(S(C)(=O)=O)CC2)cc1. The van der Waals surface area contributed by atoms with Crippen LogP contribution >= 0.6 is 11.8 Å². The van der Waals surface area contributed by atoms with Gasteiger partial charge in [-0.1, -0.05) is 45.0 Å². The minimum absolute atomic E-state index is 0.0629. The Hall–Kier alpha value is -2.03. The molecule has 0 aromatic heterocycles. The van der Waals surface area contributed by atoms with Gasteiger partial charge in [-0.25, -0.2) is 8.42 Å². The fraction of sp³-hybridized carbons (Fsp3) is 0.435. The van der Waals surface area contributed by atoms with Crippen molar-refractivity contribution in [2.24, 2.45) is 0 Å². The van der Waals surface area contributed by atoms with Crippen LogP contribution in [0.25, 0.3) is 0 Å². The summed E-state index contributed by atoms with van der Waals surface area (Å²) in [6, 6.07) is 16.0. The largest absolute Gasteiger partial charge is 0.367 e. The maximum Gasteiger partial charge on any atom is 0.234 e. The summed E-state index contributed by atoms with van der Waals surface area (Å²) in [5.41, 5.74) is 3.05. The molecule has 1 amide bonds. The molecule has 1 aliphatic rings. The van der Waals surface area contributed by atoms with Crippen LogP contribution in [0.4, 0.5) is 11.4 Å². The van der Waals surface area contributed by atoms with E-state index in [1.165, 1.54) is 27.9 Å². The highest BCUT2D eigenvalue weighted by atomic mass is 32.2. The molecule has 1 fully saturated rings. The number of benzene rings is 2.